The molecule has 0 atom stereocenters. The van der Waals surface area contributed by atoms with Crippen molar-refractivity contribution in [2.24, 2.45) is 11.8 Å². The Kier molecular flexibility index (Phi) is 2.42. The first-order chi connectivity index (χ1) is 10.2. The van der Waals surface area contributed by atoms with Gasteiger partial charge in [-0.15, -0.1) is 0 Å². The minimum absolute atomic E-state index is 0.331. The molecule has 0 spiro atoms. The first-order valence-corrected chi connectivity index (χ1v) is 9.04. The highest BCUT2D eigenvalue weighted by atomic mass is 16.3. The van der Waals surface area contributed by atoms with Crippen molar-refractivity contribution in [1.29, 1.82) is 0 Å². The number of hydrogen-bond donors (Lipinski definition) is 1. The molecule has 4 bridgehead atoms. The molecule has 0 saturated heterocycles. The highest BCUT2D eigenvalue weighted by molar-refractivity contribution is 5.50. The van der Waals surface area contributed by atoms with Gasteiger partial charge in [0.25, 0.3) is 0 Å². The molecule has 4 saturated carbocycles. The molecule has 0 aliphatic heterocycles. The van der Waals surface area contributed by atoms with Gasteiger partial charge in [0.1, 0.15) is 5.75 Å². The van der Waals surface area contributed by atoms with Crippen LogP contribution in [0.4, 0.5) is 0 Å². The molecule has 4 fully saturated rings. The second-order valence-electron chi connectivity index (χ2n) is 8.56. The Bertz CT molecular complexity index is 523. The predicted octanol–water partition coefficient (Wildman–Crippen LogP) is 5.06. The second-order valence-corrected chi connectivity index (χ2v) is 8.56. The summed E-state index contributed by atoms with van der Waals surface area (Å²) in [4.78, 5) is 0. The average molecular weight is 282 g/mol. The van der Waals surface area contributed by atoms with E-state index in [4.69, 9.17) is 0 Å². The van der Waals surface area contributed by atoms with Gasteiger partial charge in [0.2, 0.25) is 0 Å². The summed E-state index contributed by atoms with van der Waals surface area (Å²) in [5, 5.41) is 11.1. The summed E-state index contributed by atoms with van der Waals surface area (Å²) < 4.78 is 0. The molecule has 0 aromatic heterocycles. The monoisotopic (exact) mass is 282 g/mol. The Hall–Kier alpha value is -0.980. The van der Waals surface area contributed by atoms with Crippen LogP contribution in [0.2, 0.25) is 0 Å². The third-order valence-corrected chi connectivity index (χ3v) is 7.66. The van der Waals surface area contributed by atoms with Crippen LogP contribution in [0.25, 0.3) is 0 Å². The lowest BCUT2D eigenvalue weighted by Gasteiger charge is -2.33. The third-order valence-electron chi connectivity index (χ3n) is 7.66. The lowest BCUT2D eigenvalue weighted by atomic mass is 9.72. The van der Waals surface area contributed by atoms with Gasteiger partial charge in [-0.05, 0) is 86.9 Å². The van der Waals surface area contributed by atoms with E-state index in [1.165, 1.54) is 75.3 Å². The smallest absolute Gasteiger partial charge is 0.123 e. The lowest BCUT2D eigenvalue weighted by Crippen LogP contribution is -2.24. The molecule has 1 aromatic carbocycles. The molecule has 0 unspecified atom stereocenters. The van der Waals surface area contributed by atoms with E-state index >= 15 is 0 Å². The number of phenols is 1. The van der Waals surface area contributed by atoms with Gasteiger partial charge < -0.3 is 5.11 Å². The predicted molar refractivity (Wildman–Crippen MR) is 84.6 cm³/mol. The highest BCUT2D eigenvalue weighted by Gasteiger charge is 2.50. The van der Waals surface area contributed by atoms with Gasteiger partial charge in [-0.2, -0.15) is 0 Å². The highest BCUT2D eigenvalue weighted by Crippen LogP contribution is 2.61. The third kappa shape index (κ3) is 1.58. The van der Waals surface area contributed by atoms with Crippen molar-refractivity contribution in [3.8, 4) is 5.75 Å². The molecule has 0 amide bonds. The van der Waals surface area contributed by atoms with Crippen molar-refractivity contribution in [3.05, 3.63) is 29.3 Å². The van der Waals surface area contributed by atoms with E-state index in [9.17, 15) is 5.11 Å². The SMILES string of the molecule is Oc1c(C23CCC(CC2)C3)cccc1C12CCC(CC1)C2. The van der Waals surface area contributed by atoms with Crippen LogP contribution >= 0.6 is 0 Å². The van der Waals surface area contributed by atoms with Crippen molar-refractivity contribution in [3.63, 3.8) is 0 Å². The maximum absolute atomic E-state index is 11.1. The molecule has 21 heavy (non-hydrogen) atoms. The molecule has 0 heterocycles. The molecular weight excluding hydrogens is 256 g/mol. The lowest BCUT2D eigenvalue weighted by molar-refractivity contribution is 0.363. The molecule has 4 aliphatic rings. The minimum Gasteiger partial charge on any atom is -0.507 e. The van der Waals surface area contributed by atoms with E-state index in [1.54, 1.807) is 0 Å². The molecule has 5 rings (SSSR count). The summed E-state index contributed by atoms with van der Waals surface area (Å²) in [5.74, 6) is 2.57. The van der Waals surface area contributed by atoms with Crippen molar-refractivity contribution in [2.75, 3.05) is 0 Å². The second kappa shape index (κ2) is 4.06. The van der Waals surface area contributed by atoms with Gasteiger partial charge in [0.15, 0.2) is 0 Å². The number of hydrogen-bond acceptors (Lipinski definition) is 1. The van der Waals surface area contributed by atoms with E-state index in [0.717, 1.165) is 11.8 Å². The molecule has 4 aliphatic carbocycles. The van der Waals surface area contributed by atoms with Crippen molar-refractivity contribution in [2.45, 2.75) is 75.0 Å². The zero-order valence-corrected chi connectivity index (χ0v) is 12.9. The average Bonchev–Trinajstić information content (AvgIpc) is 3.28. The maximum Gasteiger partial charge on any atom is 0.123 e. The van der Waals surface area contributed by atoms with Gasteiger partial charge in [-0.1, -0.05) is 18.2 Å². The zero-order chi connectivity index (χ0) is 14.1. The van der Waals surface area contributed by atoms with Crippen molar-refractivity contribution >= 4 is 0 Å². The van der Waals surface area contributed by atoms with E-state index < -0.39 is 0 Å². The quantitative estimate of drug-likeness (QED) is 0.804. The molecule has 1 heteroatoms. The van der Waals surface area contributed by atoms with Crippen LogP contribution in [0.15, 0.2) is 18.2 Å². The molecule has 1 nitrogen and oxygen atoms in total. The summed E-state index contributed by atoms with van der Waals surface area (Å²) in [5.41, 5.74) is 3.28. The standard InChI is InChI=1S/C20H26O/c21-18-16(19-8-4-14(12-19)5-9-19)2-1-3-17(18)20-10-6-15(13-20)7-11-20/h1-3,14-15,21H,4-13H2. The van der Waals surface area contributed by atoms with Crippen LogP contribution in [0.1, 0.15) is 75.3 Å². The molecular formula is C20H26O. The Balaban J connectivity index is 1.61. The summed E-state index contributed by atoms with van der Waals surface area (Å²) in [6, 6.07) is 6.72. The van der Waals surface area contributed by atoms with Gasteiger partial charge >= 0.3 is 0 Å². The fraction of sp³-hybridized carbons (Fsp3) is 0.700. The van der Waals surface area contributed by atoms with Crippen molar-refractivity contribution in [1.82, 2.24) is 0 Å². The number of phenolic OH excluding ortho intramolecular Hbond substituents is 1. The Morgan fingerprint density at radius 3 is 1.52 bits per heavy atom. The number of para-hydroxylation sites is 1. The molecule has 1 aromatic rings. The molecule has 112 valence electrons. The van der Waals surface area contributed by atoms with E-state index in [0.29, 0.717) is 16.6 Å². The number of benzene rings is 1. The maximum atomic E-state index is 11.1. The summed E-state index contributed by atoms with van der Waals surface area (Å²) >= 11 is 0. The van der Waals surface area contributed by atoms with E-state index in [2.05, 4.69) is 18.2 Å². The minimum atomic E-state index is 0.331. The first-order valence-electron chi connectivity index (χ1n) is 9.04. The van der Waals surface area contributed by atoms with E-state index in [-0.39, 0.29) is 0 Å². The van der Waals surface area contributed by atoms with Crippen LogP contribution in [-0.2, 0) is 10.8 Å². The fourth-order valence-electron chi connectivity index (χ4n) is 6.54. The normalized spacial score (nSPS) is 43.8. The largest absolute Gasteiger partial charge is 0.507 e. The van der Waals surface area contributed by atoms with Gasteiger partial charge in [0.05, 0.1) is 0 Å². The fourth-order valence-corrected chi connectivity index (χ4v) is 6.54. The first kappa shape index (κ1) is 12.6. The Morgan fingerprint density at radius 1 is 0.762 bits per heavy atom. The van der Waals surface area contributed by atoms with Gasteiger partial charge in [-0.25, -0.2) is 0 Å². The van der Waals surface area contributed by atoms with Crippen LogP contribution in [0, 0.1) is 11.8 Å². The van der Waals surface area contributed by atoms with Crippen molar-refractivity contribution < 1.29 is 5.11 Å². The summed E-state index contributed by atoms with van der Waals surface area (Å²) in [7, 11) is 0. The van der Waals surface area contributed by atoms with Crippen LogP contribution in [-0.4, -0.2) is 5.11 Å². The molecule has 1 N–H and O–H groups in total. The van der Waals surface area contributed by atoms with Crippen LogP contribution in [0.3, 0.4) is 0 Å². The Morgan fingerprint density at radius 2 is 1.19 bits per heavy atom. The summed E-state index contributed by atoms with van der Waals surface area (Å²) in [6.07, 6.45) is 13.4. The van der Waals surface area contributed by atoms with Crippen LogP contribution in [0.5, 0.6) is 5.75 Å². The van der Waals surface area contributed by atoms with E-state index in [1.807, 2.05) is 0 Å². The number of fused-ring (bicyclic) bond motifs is 4. The zero-order valence-electron chi connectivity index (χ0n) is 12.9. The van der Waals surface area contributed by atoms with Gasteiger partial charge in [-0.3, -0.25) is 0 Å². The van der Waals surface area contributed by atoms with Crippen LogP contribution < -0.4 is 0 Å². The van der Waals surface area contributed by atoms with Gasteiger partial charge in [0, 0.05) is 11.1 Å². The molecule has 0 radical (unpaired) electrons. The topological polar surface area (TPSA) is 20.2 Å². The summed E-state index contributed by atoms with van der Waals surface area (Å²) in [6.45, 7) is 0. The Labute approximate surface area is 127 Å². The number of aromatic hydroxyl groups is 1. The number of rotatable bonds is 2.